The molecule has 8 heteroatoms. The average Bonchev–Trinajstić information content (AvgIpc) is 2.74. The molecule has 0 fully saturated rings. The summed E-state index contributed by atoms with van der Waals surface area (Å²) in [4.78, 5) is 23.2. The zero-order chi connectivity index (χ0) is 21.4. The Kier molecular flexibility index (Phi) is 7.47. The van der Waals surface area contributed by atoms with E-state index in [0.717, 1.165) is 0 Å². The molecule has 2 rings (SSSR count). The van der Waals surface area contributed by atoms with Gasteiger partial charge in [0.1, 0.15) is 0 Å². The number of allylic oxidation sites excluding steroid dienone is 1. The first-order valence-electron chi connectivity index (χ1n) is 8.48. The lowest BCUT2D eigenvalue weighted by atomic mass is 10.1. The van der Waals surface area contributed by atoms with E-state index in [0.29, 0.717) is 39.9 Å². The minimum absolute atomic E-state index is 0.269. The fourth-order valence-electron chi connectivity index (χ4n) is 2.54. The summed E-state index contributed by atoms with van der Waals surface area (Å²) in [6.45, 7) is -0.481. The van der Waals surface area contributed by atoms with E-state index in [9.17, 15) is 9.59 Å². The molecule has 0 aromatic heterocycles. The van der Waals surface area contributed by atoms with Gasteiger partial charge < -0.3 is 28.8 Å². The van der Waals surface area contributed by atoms with Crippen LogP contribution in [0.3, 0.4) is 0 Å². The number of ketones is 1. The van der Waals surface area contributed by atoms with Crippen molar-refractivity contribution in [1.82, 2.24) is 0 Å². The summed E-state index contributed by atoms with van der Waals surface area (Å²) in [5.41, 5.74) is 1.04. The lowest BCUT2D eigenvalue weighted by Gasteiger charge is -2.13. The first-order valence-corrected chi connectivity index (χ1v) is 8.48. The minimum Gasteiger partial charge on any atom is -0.493 e. The van der Waals surface area contributed by atoms with Crippen molar-refractivity contribution in [1.29, 1.82) is 0 Å². The van der Waals surface area contributed by atoms with E-state index in [4.69, 9.17) is 28.8 Å². The predicted octanol–water partition coefficient (Wildman–Crippen LogP) is 3.08. The van der Waals surface area contributed by atoms with Crippen LogP contribution in [0.1, 0.15) is 15.9 Å². The van der Waals surface area contributed by atoms with Gasteiger partial charge in [0.05, 0.1) is 28.4 Å². The smallest absolute Gasteiger partial charge is 0.341 e. The van der Waals surface area contributed by atoms with Crippen LogP contribution >= 0.6 is 0 Å². The number of aliphatic carboxylic acids is 1. The van der Waals surface area contributed by atoms with Gasteiger partial charge >= 0.3 is 5.97 Å². The Labute approximate surface area is 168 Å². The van der Waals surface area contributed by atoms with Crippen molar-refractivity contribution < 1.29 is 38.4 Å². The van der Waals surface area contributed by atoms with Crippen molar-refractivity contribution in [2.45, 2.75) is 0 Å². The van der Waals surface area contributed by atoms with Crippen molar-refractivity contribution in [2.75, 3.05) is 35.0 Å². The number of hydrogen-bond donors (Lipinski definition) is 1. The molecule has 0 atom stereocenters. The molecule has 0 saturated carbocycles. The van der Waals surface area contributed by atoms with Crippen LogP contribution in [0.5, 0.6) is 28.7 Å². The van der Waals surface area contributed by atoms with E-state index in [1.165, 1.54) is 34.5 Å². The summed E-state index contributed by atoms with van der Waals surface area (Å²) >= 11 is 0. The summed E-state index contributed by atoms with van der Waals surface area (Å²) in [7, 11) is 5.87. The van der Waals surface area contributed by atoms with Gasteiger partial charge in [0.15, 0.2) is 35.4 Å². The molecule has 1 N–H and O–H groups in total. The molecule has 0 spiro atoms. The minimum atomic E-state index is -1.09. The third-order valence-corrected chi connectivity index (χ3v) is 3.92. The summed E-state index contributed by atoms with van der Waals surface area (Å²) in [6, 6.07) is 8.02. The molecular weight excluding hydrogens is 380 g/mol. The zero-order valence-electron chi connectivity index (χ0n) is 16.6. The number of rotatable bonds is 10. The Hall–Kier alpha value is -3.68. The maximum atomic E-state index is 12.6. The largest absolute Gasteiger partial charge is 0.493 e. The maximum Gasteiger partial charge on any atom is 0.341 e. The summed E-state index contributed by atoms with van der Waals surface area (Å²) in [5, 5.41) is 8.71. The number of carbonyl (C=O) groups is 2. The molecule has 0 radical (unpaired) electrons. The normalized spacial score (nSPS) is 10.5. The van der Waals surface area contributed by atoms with Crippen LogP contribution in [0, 0.1) is 0 Å². The Morgan fingerprint density at radius 2 is 1.48 bits per heavy atom. The SMILES string of the molecule is COc1cc(/C=C/C(=O)c2cc(OC)c(OC)c(OC)c2)ccc1OCC(=O)O. The number of ether oxygens (including phenoxy) is 5. The highest BCUT2D eigenvalue weighted by Crippen LogP contribution is 2.38. The molecule has 154 valence electrons. The second kappa shape index (κ2) is 10.0. The highest BCUT2D eigenvalue weighted by molar-refractivity contribution is 6.07. The highest BCUT2D eigenvalue weighted by atomic mass is 16.5. The van der Waals surface area contributed by atoms with Crippen LogP contribution in [-0.2, 0) is 4.79 Å². The van der Waals surface area contributed by atoms with E-state index in [1.54, 1.807) is 36.4 Å². The van der Waals surface area contributed by atoms with Crippen LogP contribution in [0.4, 0.5) is 0 Å². The molecule has 0 aliphatic rings. The molecule has 0 bridgehead atoms. The molecule has 0 aliphatic carbocycles. The van der Waals surface area contributed by atoms with Crippen molar-refractivity contribution >= 4 is 17.8 Å². The number of hydrogen-bond acceptors (Lipinski definition) is 7. The Morgan fingerprint density at radius 3 is 2.00 bits per heavy atom. The molecule has 0 saturated heterocycles. The van der Waals surface area contributed by atoms with Gasteiger partial charge in [0.2, 0.25) is 5.75 Å². The fraction of sp³-hybridized carbons (Fsp3) is 0.238. The first-order chi connectivity index (χ1) is 13.9. The Bertz CT molecular complexity index is 892. The monoisotopic (exact) mass is 402 g/mol. The summed E-state index contributed by atoms with van der Waals surface area (Å²) < 4.78 is 26.1. The van der Waals surface area contributed by atoms with Gasteiger partial charge in [-0.15, -0.1) is 0 Å². The number of benzene rings is 2. The van der Waals surface area contributed by atoms with Crippen molar-refractivity contribution in [3.63, 3.8) is 0 Å². The molecule has 2 aromatic carbocycles. The van der Waals surface area contributed by atoms with Gasteiger partial charge in [-0.25, -0.2) is 4.79 Å². The van der Waals surface area contributed by atoms with Gasteiger partial charge in [0, 0.05) is 5.56 Å². The lowest BCUT2D eigenvalue weighted by Crippen LogP contribution is -2.10. The predicted molar refractivity (Wildman–Crippen MR) is 106 cm³/mol. The standard InChI is InChI=1S/C21H22O8/c1-25-17-9-13(6-8-16(17)29-12-20(23)24)5-7-15(22)14-10-18(26-2)21(28-4)19(11-14)27-3/h5-11H,12H2,1-4H3,(H,23,24)/b7-5+. The van der Waals surface area contributed by atoms with E-state index in [-0.39, 0.29) is 5.78 Å². The Morgan fingerprint density at radius 1 is 0.862 bits per heavy atom. The maximum absolute atomic E-state index is 12.6. The Balaban J connectivity index is 2.25. The number of carboxylic acid groups (broad SMARTS) is 1. The number of carboxylic acids is 1. The van der Waals surface area contributed by atoms with Crippen LogP contribution in [0.15, 0.2) is 36.4 Å². The first kappa shape index (κ1) is 21.6. The molecular formula is C21H22O8. The zero-order valence-corrected chi connectivity index (χ0v) is 16.6. The number of carbonyl (C=O) groups excluding carboxylic acids is 1. The van der Waals surface area contributed by atoms with Gasteiger partial charge in [-0.2, -0.15) is 0 Å². The lowest BCUT2D eigenvalue weighted by molar-refractivity contribution is -0.139. The van der Waals surface area contributed by atoms with E-state index >= 15 is 0 Å². The van der Waals surface area contributed by atoms with Crippen LogP contribution < -0.4 is 23.7 Å². The van der Waals surface area contributed by atoms with Gasteiger partial charge in [-0.3, -0.25) is 4.79 Å². The van der Waals surface area contributed by atoms with Crippen molar-refractivity contribution in [3.8, 4) is 28.7 Å². The molecule has 0 heterocycles. The highest BCUT2D eigenvalue weighted by Gasteiger charge is 2.16. The van der Waals surface area contributed by atoms with Gasteiger partial charge in [-0.1, -0.05) is 12.1 Å². The molecule has 0 amide bonds. The average molecular weight is 402 g/mol. The third kappa shape index (κ3) is 5.41. The fourth-order valence-corrected chi connectivity index (χ4v) is 2.54. The van der Waals surface area contributed by atoms with Crippen LogP contribution in [-0.4, -0.2) is 51.9 Å². The number of methoxy groups -OCH3 is 4. The molecule has 2 aromatic rings. The molecule has 8 nitrogen and oxygen atoms in total. The molecule has 0 aliphatic heterocycles. The van der Waals surface area contributed by atoms with Crippen molar-refractivity contribution in [2.24, 2.45) is 0 Å². The third-order valence-electron chi connectivity index (χ3n) is 3.92. The topological polar surface area (TPSA) is 101 Å². The quantitative estimate of drug-likeness (QED) is 0.478. The van der Waals surface area contributed by atoms with E-state index < -0.39 is 12.6 Å². The molecule has 29 heavy (non-hydrogen) atoms. The van der Waals surface area contributed by atoms with E-state index in [1.807, 2.05) is 0 Å². The van der Waals surface area contributed by atoms with Crippen LogP contribution in [0.2, 0.25) is 0 Å². The second-order valence-electron chi connectivity index (χ2n) is 5.70. The second-order valence-corrected chi connectivity index (χ2v) is 5.70. The molecule has 0 unspecified atom stereocenters. The van der Waals surface area contributed by atoms with E-state index in [2.05, 4.69) is 0 Å². The summed E-state index contributed by atoms with van der Waals surface area (Å²) in [5.74, 6) is 0.450. The van der Waals surface area contributed by atoms with Crippen molar-refractivity contribution in [3.05, 3.63) is 47.5 Å². The van der Waals surface area contributed by atoms with Gasteiger partial charge in [-0.05, 0) is 35.9 Å². The van der Waals surface area contributed by atoms with Gasteiger partial charge in [0.25, 0.3) is 0 Å². The van der Waals surface area contributed by atoms with Crippen LogP contribution in [0.25, 0.3) is 6.08 Å². The summed E-state index contributed by atoms with van der Waals surface area (Å²) in [6.07, 6.45) is 3.00.